The fraction of sp³-hybridized carbons (Fsp3) is 0.417. The maximum atomic E-state index is 12.3. The average molecular weight is 297 g/mol. The van der Waals surface area contributed by atoms with Crippen LogP contribution < -0.4 is 5.14 Å². The normalized spacial score (nSPS) is 19.1. The minimum atomic E-state index is -3.88. The molecule has 1 atom stereocenters. The number of pyridine rings is 1. The lowest BCUT2D eigenvalue weighted by Crippen LogP contribution is -2.39. The monoisotopic (exact) mass is 297 g/mol. The van der Waals surface area contributed by atoms with Gasteiger partial charge >= 0.3 is 0 Å². The number of carbonyl (C=O) groups excluding carboxylic acids is 2. The number of sulfonamides is 1. The van der Waals surface area contributed by atoms with E-state index in [0.717, 1.165) is 12.6 Å². The highest BCUT2D eigenvalue weighted by atomic mass is 32.2. The number of hydrogen-bond acceptors (Lipinski definition) is 5. The van der Waals surface area contributed by atoms with Crippen molar-refractivity contribution in [1.29, 1.82) is 0 Å². The van der Waals surface area contributed by atoms with Crippen LogP contribution in [0.15, 0.2) is 23.4 Å². The molecule has 0 bridgehead atoms. The molecule has 0 aliphatic carbocycles. The highest BCUT2D eigenvalue weighted by Crippen LogP contribution is 2.20. The number of amides is 1. The molecule has 0 saturated carbocycles. The van der Waals surface area contributed by atoms with Gasteiger partial charge in [-0.05, 0) is 31.9 Å². The number of primary sulfonamides is 1. The maximum absolute atomic E-state index is 12.3. The van der Waals surface area contributed by atoms with Gasteiger partial charge in [-0.2, -0.15) is 0 Å². The van der Waals surface area contributed by atoms with Crippen molar-refractivity contribution in [2.45, 2.75) is 30.8 Å². The summed E-state index contributed by atoms with van der Waals surface area (Å²) in [5.41, 5.74) is 0.241. The fourth-order valence-electron chi connectivity index (χ4n) is 2.27. The first-order valence-electron chi connectivity index (χ1n) is 6.11. The molecule has 1 aliphatic rings. The second kappa shape index (κ2) is 5.29. The van der Waals surface area contributed by atoms with E-state index in [-0.39, 0.29) is 22.3 Å². The summed E-state index contributed by atoms with van der Waals surface area (Å²) >= 11 is 0. The summed E-state index contributed by atoms with van der Waals surface area (Å²) in [6.45, 7) is 1.97. The van der Waals surface area contributed by atoms with E-state index in [1.165, 1.54) is 24.0 Å². The topological polar surface area (TPSA) is 110 Å². The Morgan fingerprint density at radius 1 is 1.40 bits per heavy atom. The molecule has 108 valence electrons. The number of ketones is 1. The number of hydrogen-bond donors (Lipinski definition) is 1. The van der Waals surface area contributed by atoms with E-state index < -0.39 is 16.1 Å². The molecule has 2 heterocycles. The molecular formula is C12H15N3O4S. The first-order valence-corrected chi connectivity index (χ1v) is 7.65. The molecule has 1 aromatic rings. The molecule has 1 aromatic heterocycles. The van der Waals surface area contributed by atoms with E-state index in [4.69, 9.17) is 5.14 Å². The summed E-state index contributed by atoms with van der Waals surface area (Å²) in [6.07, 6.45) is 2.60. The van der Waals surface area contributed by atoms with E-state index in [1.54, 1.807) is 0 Å². The van der Waals surface area contributed by atoms with Crippen LogP contribution in [0.1, 0.15) is 30.1 Å². The molecule has 2 N–H and O–H groups in total. The average Bonchev–Trinajstić information content (AvgIpc) is 2.86. The van der Waals surface area contributed by atoms with Crippen LogP contribution in [0.4, 0.5) is 0 Å². The second-order valence-electron chi connectivity index (χ2n) is 4.70. The van der Waals surface area contributed by atoms with Crippen LogP contribution in [0.25, 0.3) is 0 Å². The summed E-state index contributed by atoms with van der Waals surface area (Å²) in [5.74, 6) is -0.374. The molecule has 20 heavy (non-hydrogen) atoms. The van der Waals surface area contributed by atoms with Crippen LogP contribution in [-0.4, -0.2) is 42.6 Å². The Bertz CT molecular complexity index is 639. The molecule has 0 unspecified atom stereocenters. The van der Waals surface area contributed by atoms with Crippen molar-refractivity contribution in [3.05, 3.63) is 23.9 Å². The van der Waals surface area contributed by atoms with Crippen molar-refractivity contribution < 1.29 is 18.0 Å². The van der Waals surface area contributed by atoms with Gasteiger partial charge in [-0.1, -0.05) is 0 Å². The van der Waals surface area contributed by atoms with Gasteiger partial charge in [-0.15, -0.1) is 0 Å². The molecule has 1 aliphatic heterocycles. The minimum Gasteiger partial charge on any atom is -0.329 e. The number of nitrogens with zero attached hydrogens (tertiary/aromatic N) is 2. The molecule has 0 radical (unpaired) electrons. The molecule has 1 amide bonds. The Morgan fingerprint density at radius 3 is 2.60 bits per heavy atom. The summed E-state index contributed by atoms with van der Waals surface area (Å²) in [4.78, 5) is 28.9. The third-order valence-electron chi connectivity index (χ3n) is 3.26. The van der Waals surface area contributed by atoms with Crippen molar-refractivity contribution in [3.8, 4) is 0 Å². The predicted octanol–water partition coefficient (Wildman–Crippen LogP) is -0.0774. The van der Waals surface area contributed by atoms with Gasteiger partial charge in [0, 0.05) is 12.7 Å². The summed E-state index contributed by atoms with van der Waals surface area (Å²) in [5, 5.41) is 4.64. The Balaban J connectivity index is 2.24. The van der Waals surface area contributed by atoms with Gasteiger partial charge in [0.15, 0.2) is 10.8 Å². The SMILES string of the molecule is CC(=O)[C@H]1CCCN1C(=O)c1ccc(S(N)(=O)=O)nc1. The molecule has 2 rings (SSSR count). The lowest BCUT2D eigenvalue weighted by Gasteiger charge is -2.22. The van der Waals surface area contributed by atoms with Gasteiger partial charge < -0.3 is 4.90 Å². The van der Waals surface area contributed by atoms with Crippen molar-refractivity contribution in [3.63, 3.8) is 0 Å². The van der Waals surface area contributed by atoms with E-state index in [2.05, 4.69) is 4.98 Å². The number of Topliss-reactive ketones (excluding diaryl/α,β-unsaturated/α-hetero) is 1. The maximum Gasteiger partial charge on any atom is 0.256 e. The van der Waals surface area contributed by atoms with E-state index in [1.807, 2.05) is 0 Å². The largest absolute Gasteiger partial charge is 0.329 e. The molecule has 0 aromatic carbocycles. The summed E-state index contributed by atoms with van der Waals surface area (Å²) in [6, 6.07) is 2.13. The first kappa shape index (κ1) is 14.6. The Kier molecular flexibility index (Phi) is 3.87. The van der Waals surface area contributed by atoms with Gasteiger partial charge in [0.25, 0.3) is 15.9 Å². The van der Waals surface area contributed by atoms with Crippen LogP contribution in [0.2, 0.25) is 0 Å². The van der Waals surface area contributed by atoms with Crippen LogP contribution >= 0.6 is 0 Å². The fourth-order valence-corrected chi connectivity index (χ4v) is 2.73. The smallest absolute Gasteiger partial charge is 0.256 e. The van der Waals surface area contributed by atoms with E-state index in [0.29, 0.717) is 13.0 Å². The summed E-state index contributed by atoms with van der Waals surface area (Å²) < 4.78 is 22.2. The van der Waals surface area contributed by atoms with Gasteiger partial charge in [-0.25, -0.2) is 18.5 Å². The summed E-state index contributed by atoms with van der Waals surface area (Å²) in [7, 11) is -3.88. The van der Waals surface area contributed by atoms with Crippen LogP contribution in [-0.2, 0) is 14.8 Å². The van der Waals surface area contributed by atoms with Gasteiger partial charge in [0.2, 0.25) is 0 Å². The van der Waals surface area contributed by atoms with E-state index >= 15 is 0 Å². The number of nitrogens with two attached hydrogens (primary N) is 1. The molecular weight excluding hydrogens is 282 g/mol. The molecule has 0 spiro atoms. The second-order valence-corrected chi connectivity index (χ2v) is 6.21. The molecule has 1 saturated heterocycles. The lowest BCUT2D eigenvalue weighted by atomic mass is 10.1. The highest BCUT2D eigenvalue weighted by molar-refractivity contribution is 7.89. The zero-order valence-corrected chi connectivity index (χ0v) is 11.8. The Hall–Kier alpha value is -1.80. The third kappa shape index (κ3) is 2.86. The molecule has 1 fully saturated rings. The predicted molar refractivity (Wildman–Crippen MR) is 70.3 cm³/mol. The first-order chi connectivity index (χ1) is 9.30. The van der Waals surface area contributed by atoms with Crippen LogP contribution in [0.5, 0.6) is 0 Å². The number of rotatable bonds is 3. The van der Waals surface area contributed by atoms with Crippen molar-refractivity contribution >= 4 is 21.7 Å². The Labute approximate surface area is 116 Å². The molecule has 7 nitrogen and oxygen atoms in total. The van der Waals surface area contributed by atoms with E-state index in [9.17, 15) is 18.0 Å². The number of likely N-dealkylation sites (tertiary alicyclic amines) is 1. The van der Waals surface area contributed by atoms with Gasteiger partial charge in [-0.3, -0.25) is 9.59 Å². The quantitative estimate of drug-likeness (QED) is 0.839. The van der Waals surface area contributed by atoms with Crippen LogP contribution in [0, 0.1) is 0 Å². The number of aromatic nitrogens is 1. The standard InChI is InChI=1S/C12H15N3O4S/c1-8(16)10-3-2-6-15(10)12(17)9-4-5-11(14-7-9)20(13,18)19/h4-5,7,10H,2-3,6H2,1H3,(H2,13,18,19)/t10-/m1/s1. The highest BCUT2D eigenvalue weighted by Gasteiger charge is 2.32. The zero-order valence-electron chi connectivity index (χ0n) is 10.9. The van der Waals surface area contributed by atoms with Crippen LogP contribution in [0.3, 0.4) is 0 Å². The van der Waals surface area contributed by atoms with Crippen molar-refractivity contribution in [1.82, 2.24) is 9.88 Å². The molecule has 8 heteroatoms. The van der Waals surface area contributed by atoms with Gasteiger partial charge in [0.05, 0.1) is 11.6 Å². The number of carbonyl (C=O) groups is 2. The Morgan fingerprint density at radius 2 is 2.10 bits per heavy atom. The van der Waals surface area contributed by atoms with Crippen molar-refractivity contribution in [2.24, 2.45) is 5.14 Å². The lowest BCUT2D eigenvalue weighted by molar-refractivity contribution is -0.120. The zero-order chi connectivity index (χ0) is 14.9. The van der Waals surface area contributed by atoms with Crippen molar-refractivity contribution in [2.75, 3.05) is 6.54 Å². The van der Waals surface area contributed by atoms with Gasteiger partial charge in [0.1, 0.15) is 0 Å². The minimum absolute atomic E-state index is 0.0510. The third-order valence-corrected chi connectivity index (χ3v) is 4.08.